The quantitative estimate of drug-likeness (QED) is 0.303. The maximum Gasteiger partial charge on any atom is 0.0462 e. The third-order valence-electron chi connectivity index (χ3n) is 7.18. The molecule has 0 atom stereocenters. The number of rotatable bonds is 3. The van der Waals surface area contributed by atoms with Crippen molar-refractivity contribution in [3.05, 3.63) is 163 Å². The van der Waals surface area contributed by atoms with E-state index in [2.05, 4.69) is 126 Å². The largest absolute Gasteiger partial charge is 0.358 e. The minimum Gasteiger partial charge on any atom is -0.358 e. The molecule has 0 unspecified atom stereocenters. The van der Waals surface area contributed by atoms with Crippen LogP contribution in [0.25, 0.3) is 33.7 Å². The van der Waals surface area contributed by atoms with Crippen molar-refractivity contribution in [1.29, 1.82) is 0 Å². The van der Waals surface area contributed by atoms with E-state index < -0.39 is 0 Å². The highest BCUT2D eigenvalue weighted by Gasteiger charge is 2.13. The van der Waals surface area contributed by atoms with Crippen LogP contribution in [-0.4, -0.2) is 4.98 Å². The Labute approximate surface area is 224 Å². The molecule has 1 aromatic heterocycles. The highest BCUT2D eigenvalue weighted by atomic mass is 15.1. The molecule has 4 aromatic rings. The summed E-state index contributed by atoms with van der Waals surface area (Å²) in [5.74, 6) is 0. The smallest absolute Gasteiger partial charge is 0.0462 e. The third-order valence-corrected chi connectivity index (χ3v) is 7.18. The number of nitrogens with one attached hydrogen (secondary N) is 1. The van der Waals surface area contributed by atoms with Gasteiger partial charge in [-0.2, -0.15) is 0 Å². The fraction of sp³-hybridized carbons (Fsp3) is 0.0556. The Bertz CT molecular complexity index is 1670. The molecule has 38 heavy (non-hydrogen) atoms. The normalized spacial score (nSPS) is 19.4. The van der Waals surface area contributed by atoms with Crippen molar-refractivity contribution in [3.8, 4) is 11.1 Å². The molecule has 2 aliphatic rings. The molecule has 0 amide bonds. The Balaban J connectivity index is 1.39. The van der Waals surface area contributed by atoms with E-state index in [4.69, 9.17) is 0 Å². The summed E-state index contributed by atoms with van der Waals surface area (Å²) in [5.41, 5.74) is 11.3. The lowest BCUT2D eigenvalue weighted by Crippen LogP contribution is -2.06. The van der Waals surface area contributed by atoms with Crippen LogP contribution in [0.1, 0.15) is 23.2 Å². The lowest BCUT2D eigenvalue weighted by molar-refractivity contribution is 0.951. The molecular formula is C36H30N2. The predicted octanol–water partition coefficient (Wildman–Crippen LogP) is 9.39. The first-order chi connectivity index (χ1) is 18.7. The molecule has 0 saturated heterocycles. The topological polar surface area (TPSA) is 19.0 Å². The van der Waals surface area contributed by atoms with Gasteiger partial charge >= 0.3 is 0 Å². The van der Waals surface area contributed by atoms with Crippen LogP contribution in [0.15, 0.2) is 146 Å². The molecule has 0 saturated carbocycles. The Kier molecular flexibility index (Phi) is 6.37. The number of aromatic amines is 1. The first-order valence-electron chi connectivity index (χ1n) is 13.0. The molecule has 3 aromatic carbocycles. The number of hydrogen-bond acceptors (Lipinski definition) is 1. The maximum atomic E-state index is 4.30. The Morgan fingerprint density at radius 2 is 1.50 bits per heavy atom. The zero-order chi connectivity index (χ0) is 25.9. The van der Waals surface area contributed by atoms with Gasteiger partial charge in [0.2, 0.25) is 0 Å². The number of aryl methyl sites for hydroxylation is 1. The molecule has 0 fully saturated rings. The van der Waals surface area contributed by atoms with Crippen LogP contribution >= 0.6 is 0 Å². The van der Waals surface area contributed by atoms with Crippen molar-refractivity contribution < 1.29 is 0 Å². The van der Waals surface area contributed by atoms with Gasteiger partial charge in [0.1, 0.15) is 0 Å². The van der Waals surface area contributed by atoms with Crippen LogP contribution in [0.3, 0.4) is 0 Å². The van der Waals surface area contributed by atoms with Gasteiger partial charge in [-0.05, 0) is 88.7 Å². The maximum absolute atomic E-state index is 4.30. The number of anilines is 1. The number of fused-ring (bicyclic) bond motifs is 3. The predicted molar refractivity (Wildman–Crippen MR) is 164 cm³/mol. The summed E-state index contributed by atoms with van der Waals surface area (Å²) in [6.45, 7) is 8.52. The fourth-order valence-corrected chi connectivity index (χ4v) is 5.03. The van der Waals surface area contributed by atoms with Gasteiger partial charge in [0.15, 0.2) is 0 Å². The average Bonchev–Trinajstić information content (AvgIpc) is 3.33. The SMILES string of the molecule is C=C1/C=C\C=C/N(c2ccc(-c3ccccc3)cc2)/C=C\C(c2ccc3[nH]c4c(c3c2)C=CCC4)=C/C1=C. The summed E-state index contributed by atoms with van der Waals surface area (Å²) in [6, 6.07) is 25.8. The average molecular weight is 491 g/mol. The number of allylic oxidation sites excluding steroid dienone is 9. The van der Waals surface area contributed by atoms with Gasteiger partial charge in [0.25, 0.3) is 0 Å². The second-order valence-electron chi connectivity index (χ2n) is 9.71. The highest BCUT2D eigenvalue weighted by Crippen LogP contribution is 2.32. The van der Waals surface area contributed by atoms with Crippen molar-refractivity contribution in [2.45, 2.75) is 12.8 Å². The van der Waals surface area contributed by atoms with E-state index in [0.29, 0.717) is 0 Å². The standard InChI is InChI=1S/C36H30N2/c1-26-10-8-9-22-38(32-18-15-29(16-19-32)28-11-4-3-5-12-28)23-21-31(24-27(26)2)30-17-20-36-34(25-30)33-13-6-7-14-35(33)37-36/h3-6,8-13,15-25,37H,1-2,7,14H2/b10-8-,22-9-,23-21-,31-24+. The van der Waals surface area contributed by atoms with E-state index in [9.17, 15) is 0 Å². The van der Waals surface area contributed by atoms with Crippen molar-refractivity contribution >= 4 is 28.2 Å². The van der Waals surface area contributed by atoms with Crippen molar-refractivity contribution in [2.75, 3.05) is 4.90 Å². The zero-order valence-electron chi connectivity index (χ0n) is 21.4. The van der Waals surface area contributed by atoms with Gasteiger partial charge < -0.3 is 9.88 Å². The molecule has 0 spiro atoms. The van der Waals surface area contributed by atoms with E-state index in [1.165, 1.54) is 33.3 Å². The van der Waals surface area contributed by atoms with E-state index in [1.807, 2.05) is 24.3 Å². The Hall–Kier alpha value is -4.82. The third kappa shape index (κ3) is 4.77. The first-order valence-corrected chi connectivity index (χ1v) is 13.0. The molecular weight excluding hydrogens is 460 g/mol. The second kappa shape index (κ2) is 10.3. The molecule has 184 valence electrons. The summed E-state index contributed by atoms with van der Waals surface area (Å²) in [5, 5.41) is 1.26. The van der Waals surface area contributed by atoms with Crippen LogP contribution in [-0.2, 0) is 6.42 Å². The molecule has 2 heteroatoms. The molecule has 1 aliphatic heterocycles. The molecule has 2 nitrogen and oxygen atoms in total. The van der Waals surface area contributed by atoms with E-state index in [0.717, 1.165) is 40.8 Å². The van der Waals surface area contributed by atoms with Gasteiger partial charge in [-0.15, -0.1) is 0 Å². The van der Waals surface area contributed by atoms with Crippen molar-refractivity contribution in [2.24, 2.45) is 0 Å². The van der Waals surface area contributed by atoms with E-state index in [1.54, 1.807) is 0 Å². The summed E-state index contributed by atoms with van der Waals surface area (Å²) in [4.78, 5) is 5.75. The van der Waals surface area contributed by atoms with Gasteiger partial charge in [-0.1, -0.05) is 86.0 Å². The lowest BCUT2D eigenvalue weighted by atomic mass is 9.97. The summed E-state index contributed by atoms with van der Waals surface area (Å²) in [7, 11) is 0. The van der Waals surface area contributed by atoms with E-state index >= 15 is 0 Å². The zero-order valence-corrected chi connectivity index (χ0v) is 21.4. The fourth-order valence-electron chi connectivity index (χ4n) is 5.03. The van der Waals surface area contributed by atoms with Crippen LogP contribution in [0.5, 0.6) is 0 Å². The molecule has 0 bridgehead atoms. The minimum absolute atomic E-state index is 0.893. The first kappa shape index (κ1) is 23.6. The molecule has 1 N–H and O–H groups in total. The minimum atomic E-state index is 0.893. The molecule has 2 heterocycles. The summed E-state index contributed by atoms with van der Waals surface area (Å²) < 4.78 is 0. The Morgan fingerprint density at radius 1 is 0.711 bits per heavy atom. The van der Waals surface area contributed by atoms with Gasteiger partial charge in [0.05, 0.1) is 0 Å². The van der Waals surface area contributed by atoms with Gasteiger partial charge in [-0.25, -0.2) is 0 Å². The summed E-state index contributed by atoms with van der Waals surface area (Å²) in [6.07, 6.45) is 21.2. The van der Waals surface area contributed by atoms with Crippen LogP contribution in [0.4, 0.5) is 5.69 Å². The number of aromatic nitrogens is 1. The number of benzene rings is 3. The van der Waals surface area contributed by atoms with Crippen molar-refractivity contribution in [1.82, 2.24) is 4.98 Å². The Morgan fingerprint density at radius 3 is 2.34 bits per heavy atom. The van der Waals surface area contributed by atoms with Crippen molar-refractivity contribution in [3.63, 3.8) is 0 Å². The lowest BCUT2D eigenvalue weighted by Gasteiger charge is -2.17. The van der Waals surface area contributed by atoms with Gasteiger partial charge in [0, 0.05) is 40.2 Å². The molecule has 0 radical (unpaired) electrons. The van der Waals surface area contributed by atoms with Crippen LogP contribution < -0.4 is 4.90 Å². The number of H-pyrrole nitrogens is 1. The number of hydrogen-bond donors (Lipinski definition) is 1. The highest BCUT2D eigenvalue weighted by molar-refractivity contribution is 5.94. The van der Waals surface area contributed by atoms with Crippen LogP contribution in [0, 0.1) is 0 Å². The van der Waals surface area contributed by atoms with Gasteiger partial charge in [-0.3, -0.25) is 0 Å². The molecule has 1 aliphatic carbocycles. The summed E-state index contributed by atoms with van der Waals surface area (Å²) >= 11 is 0. The van der Waals surface area contributed by atoms with Crippen LogP contribution in [0.2, 0.25) is 0 Å². The van der Waals surface area contributed by atoms with E-state index in [-0.39, 0.29) is 0 Å². The number of nitrogens with zero attached hydrogens (tertiary/aromatic N) is 1. The second-order valence-corrected chi connectivity index (χ2v) is 9.71. The molecule has 6 rings (SSSR count). The monoisotopic (exact) mass is 490 g/mol.